The number of hydrogen-bond donors (Lipinski definition) is 1. The van der Waals surface area contributed by atoms with Crippen LogP contribution in [0.4, 0.5) is 5.69 Å². The van der Waals surface area contributed by atoms with Gasteiger partial charge in [-0.15, -0.1) is 5.10 Å². The Kier molecular flexibility index (Phi) is 5.20. The molecule has 4 aromatic rings. The molecule has 29 heavy (non-hydrogen) atoms. The topological polar surface area (TPSA) is 59.8 Å². The number of carbonyl (C=O) groups excluding carboxylic acids is 1. The number of para-hydroxylation sites is 1. The number of nitrogens with zero attached hydrogens (tertiary/aromatic N) is 3. The van der Waals surface area contributed by atoms with Crippen LogP contribution >= 0.6 is 0 Å². The number of rotatable bonds is 5. The Balaban J connectivity index is 1.67. The fourth-order valence-corrected chi connectivity index (χ4v) is 3.07. The summed E-state index contributed by atoms with van der Waals surface area (Å²) in [5.74, 6) is 0.850. The van der Waals surface area contributed by atoms with E-state index in [1.54, 1.807) is 4.68 Å². The van der Waals surface area contributed by atoms with Gasteiger partial charge < -0.3 is 5.32 Å². The van der Waals surface area contributed by atoms with Crippen LogP contribution in [0.5, 0.6) is 0 Å². The highest BCUT2D eigenvalue weighted by Gasteiger charge is 2.18. The average Bonchev–Trinajstić information content (AvgIpc) is 3.21. The van der Waals surface area contributed by atoms with Crippen molar-refractivity contribution in [2.75, 3.05) is 5.32 Å². The van der Waals surface area contributed by atoms with E-state index in [4.69, 9.17) is 0 Å². The van der Waals surface area contributed by atoms with Gasteiger partial charge in [-0.3, -0.25) is 4.79 Å². The van der Waals surface area contributed by atoms with Gasteiger partial charge in [-0.2, -0.15) is 0 Å². The summed E-state index contributed by atoms with van der Waals surface area (Å²) >= 11 is 0. The molecule has 1 heterocycles. The van der Waals surface area contributed by atoms with Crippen molar-refractivity contribution in [1.29, 1.82) is 0 Å². The molecule has 0 aliphatic heterocycles. The molecule has 0 aliphatic carbocycles. The molecular formula is C24H22N4O. The van der Waals surface area contributed by atoms with Crippen LogP contribution in [0.1, 0.15) is 35.9 Å². The van der Waals surface area contributed by atoms with Crippen LogP contribution in [0.3, 0.4) is 0 Å². The molecule has 4 rings (SSSR count). The van der Waals surface area contributed by atoms with E-state index in [0.29, 0.717) is 11.7 Å². The Morgan fingerprint density at radius 1 is 0.862 bits per heavy atom. The second kappa shape index (κ2) is 8.10. The van der Waals surface area contributed by atoms with Gasteiger partial charge in [0.2, 0.25) is 5.82 Å². The van der Waals surface area contributed by atoms with Crippen molar-refractivity contribution in [1.82, 2.24) is 14.8 Å². The zero-order chi connectivity index (χ0) is 20.2. The molecule has 0 radical (unpaired) electrons. The van der Waals surface area contributed by atoms with Gasteiger partial charge >= 0.3 is 0 Å². The van der Waals surface area contributed by atoms with E-state index in [1.807, 2.05) is 84.9 Å². The molecule has 1 aromatic heterocycles. The van der Waals surface area contributed by atoms with Crippen LogP contribution in [0.2, 0.25) is 0 Å². The maximum Gasteiger partial charge on any atom is 0.295 e. The predicted octanol–water partition coefficient (Wildman–Crippen LogP) is 5.31. The second-order valence-corrected chi connectivity index (χ2v) is 7.10. The summed E-state index contributed by atoms with van der Waals surface area (Å²) in [5.41, 5.74) is 3.68. The number of aromatic nitrogens is 3. The van der Waals surface area contributed by atoms with Crippen molar-refractivity contribution < 1.29 is 4.79 Å². The number of hydrogen-bond acceptors (Lipinski definition) is 3. The van der Waals surface area contributed by atoms with Gasteiger partial charge in [0.25, 0.3) is 5.91 Å². The molecule has 0 fully saturated rings. The zero-order valence-corrected chi connectivity index (χ0v) is 16.4. The van der Waals surface area contributed by atoms with Crippen LogP contribution < -0.4 is 5.32 Å². The molecule has 0 spiro atoms. The number of carbonyl (C=O) groups is 1. The Morgan fingerprint density at radius 2 is 1.48 bits per heavy atom. The van der Waals surface area contributed by atoms with Gasteiger partial charge in [-0.1, -0.05) is 74.5 Å². The lowest BCUT2D eigenvalue weighted by Crippen LogP contribution is -2.14. The quantitative estimate of drug-likeness (QED) is 0.509. The number of amides is 1. The Morgan fingerprint density at radius 3 is 2.10 bits per heavy atom. The Bertz CT molecular complexity index is 1040. The summed E-state index contributed by atoms with van der Waals surface area (Å²) in [6, 6.07) is 27.3. The van der Waals surface area contributed by atoms with Crippen molar-refractivity contribution in [2.24, 2.45) is 0 Å². The van der Waals surface area contributed by atoms with Gasteiger partial charge in [-0.05, 0) is 35.7 Å². The lowest BCUT2D eigenvalue weighted by atomic mass is 10.0. The molecular weight excluding hydrogens is 360 g/mol. The molecule has 144 valence electrons. The maximum atomic E-state index is 12.8. The van der Waals surface area contributed by atoms with Gasteiger partial charge in [-0.25, -0.2) is 9.67 Å². The van der Waals surface area contributed by atoms with E-state index in [1.165, 1.54) is 5.56 Å². The van der Waals surface area contributed by atoms with Crippen molar-refractivity contribution >= 4 is 11.6 Å². The highest BCUT2D eigenvalue weighted by atomic mass is 16.2. The van der Waals surface area contributed by atoms with Crippen LogP contribution in [0.15, 0.2) is 84.9 Å². The largest absolute Gasteiger partial charge is 0.319 e. The van der Waals surface area contributed by atoms with Gasteiger partial charge in [0, 0.05) is 11.3 Å². The summed E-state index contributed by atoms with van der Waals surface area (Å²) in [7, 11) is 0. The Hall–Kier alpha value is -3.73. The Labute approximate surface area is 170 Å². The van der Waals surface area contributed by atoms with Crippen LogP contribution in [0, 0.1) is 0 Å². The third kappa shape index (κ3) is 4.09. The maximum absolute atomic E-state index is 12.8. The summed E-state index contributed by atoms with van der Waals surface area (Å²) in [5, 5.41) is 7.38. The van der Waals surface area contributed by atoms with E-state index in [9.17, 15) is 4.79 Å². The van der Waals surface area contributed by atoms with Crippen LogP contribution in [0.25, 0.3) is 17.1 Å². The van der Waals surface area contributed by atoms with Crippen molar-refractivity contribution in [3.05, 3.63) is 96.3 Å². The normalized spacial score (nSPS) is 10.9. The predicted molar refractivity (Wildman–Crippen MR) is 115 cm³/mol. The molecule has 0 saturated carbocycles. The molecule has 5 heteroatoms. The van der Waals surface area contributed by atoms with Crippen LogP contribution in [-0.2, 0) is 0 Å². The fraction of sp³-hybridized carbons (Fsp3) is 0.125. The minimum absolute atomic E-state index is 0.126. The summed E-state index contributed by atoms with van der Waals surface area (Å²) in [6.45, 7) is 4.28. The number of anilines is 1. The summed E-state index contributed by atoms with van der Waals surface area (Å²) in [4.78, 5) is 17.4. The second-order valence-electron chi connectivity index (χ2n) is 7.10. The van der Waals surface area contributed by atoms with Crippen molar-refractivity contribution in [3.8, 4) is 17.1 Å². The smallest absolute Gasteiger partial charge is 0.295 e. The summed E-state index contributed by atoms with van der Waals surface area (Å²) in [6.07, 6.45) is 0. The van der Waals surface area contributed by atoms with E-state index in [-0.39, 0.29) is 11.7 Å². The third-order valence-corrected chi connectivity index (χ3v) is 4.68. The lowest BCUT2D eigenvalue weighted by Gasteiger charge is -2.07. The molecule has 0 atom stereocenters. The zero-order valence-electron chi connectivity index (χ0n) is 16.4. The third-order valence-electron chi connectivity index (χ3n) is 4.68. The van der Waals surface area contributed by atoms with E-state index < -0.39 is 0 Å². The minimum Gasteiger partial charge on any atom is -0.319 e. The van der Waals surface area contributed by atoms with E-state index in [0.717, 1.165) is 16.9 Å². The monoisotopic (exact) mass is 382 g/mol. The molecule has 0 aliphatic rings. The average molecular weight is 382 g/mol. The number of benzene rings is 3. The van der Waals surface area contributed by atoms with E-state index in [2.05, 4.69) is 29.2 Å². The van der Waals surface area contributed by atoms with Gasteiger partial charge in [0.05, 0.1) is 5.69 Å². The first kappa shape index (κ1) is 18.6. The first-order chi connectivity index (χ1) is 14.1. The molecule has 3 aromatic carbocycles. The van der Waals surface area contributed by atoms with E-state index >= 15 is 0 Å². The van der Waals surface area contributed by atoms with Crippen LogP contribution in [-0.4, -0.2) is 20.7 Å². The summed E-state index contributed by atoms with van der Waals surface area (Å²) < 4.78 is 1.70. The number of nitrogens with one attached hydrogen (secondary N) is 1. The van der Waals surface area contributed by atoms with Crippen molar-refractivity contribution in [2.45, 2.75) is 19.8 Å². The lowest BCUT2D eigenvalue weighted by molar-refractivity contribution is 0.101. The first-order valence-electron chi connectivity index (χ1n) is 9.61. The molecule has 0 bridgehead atoms. The molecule has 0 unspecified atom stereocenters. The molecule has 5 nitrogen and oxygen atoms in total. The molecule has 0 saturated heterocycles. The molecule has 1 amide bonds. The fourth-order valence-electron chi connectivity index (χ4n) is 3.07. The van der Waals surface area contributed by atoms with Gasteiger partial charge in [0.1, 0.15) is 0 Å². The highest BCUT2D eigenvalue weighted by molar-refractivity contribution is 6.01. The standard InChI is InChI=1S/C24H22N4O/c1-17(2)18-13-15-20(16-14-18)25-24(29)22-26-23(19-9-5-3-6-10-19)28(27-22)21-11-7-4-8-12-21/h3-17H,1-2H3,(H,25,29). The van der Waals surface area contributed by atoms with Crippen molar-refractivity contribution in [3.63, 3.8) is 0 Å². The highest BCUT2D eigenvalue weighted by Crippen LogP contribution is 2.22. The first-order valence-corrected chi connectivity index (χ1v) is 9.61. The SMILES string of the molecule is CC(C)c1ccc(NC(=O)c2nc(-c3ccccc3)n(-c3ccccc3)n2)cc1. The minimum atomic E-state index is -0.339. The van der Waals surface area contributed by atoms with Gasteiger partial charge in [0.15, 0.2) is 5.82 Å². The molecule has 1 N–H and O–H groups in total.